The Bertz CT molecular complexity index is 1040. The van der Waals surface area contributed by atoms with E-state index in [0.717, 1.165) is 33.3 Å². The molecule has 3 aromatic rings. The highest BCUT2D eigenvalue weighted by Gasteiger charge is 2.34. The Morgan fingerprint density at radius 3 is 2.57 bits per heavy atom. The van der Waals surface area contributed by atoms with E-state index in [-0.39, 0.29) is 11.8 Å². The van der Waals surface area contributed by atoms with Crippen LogP contribution < -0.4 is 15.0 Å². The molecule has 28 heavy (non-hydrogen) atoms. The van der Waals surface area contributed by atoms with Crippen molar-refractivity contribution in [1.29, 1.82) is 0 Å². The van der Waals surface area contributed by atoms with Crippen LogP contribution in [-0.2, 0) is 22.6 Å². The molecule has 142 valence electrons. The molecule has 5 heteroatoms. The van der Waals surface area contributed by atoms with E-state index in [9.17, 15) is 9.59 Å². The van der Waals surface area contributed by atoms with E-state index in [1.54, 1.807) is 12.0 Å². The number of nitrogens with one attached hydrogen (secondary N) is 1. The van der Waals surface area contributed by atoms with E-state index < -0.39 is 6.04 Å². The number of ether oxygens (including phenoxy) is 1. The number of carbonyl (C=O) groups is 2. The van der Waals surface area contributed by atoms with Gasteiger partial charge in [-0.1, -0.05) is 42.5 Å². The molecule has 1 aliphatic rings. The van der Waals surface area contributed by atoms with Gasteiger partial charge in [0.1, 0.15) is 11.8 Å². The number of hydrogen-bond donors (Lipinski definition) is 1. The molecule has 4 rings (SSSR count). The molecule has 3 aromatic carbocycles. The van der Waals surface area contributed by atoms with Gasteiger partial charge in [0.25, 0.3) is 0 Å². The fraction of sp³-hybridized carbons (Fsp3) is 0.217. The number of methoxy groups -OCH3 is 1. The lowest BCUT2D eigenvalue weighted by atomic mass is 9.91. The van der Waals surface area contributed by atoms with E-state index in [1.165, 1.54) is 6.92 Å². The van der Waals surface area contributed by atoms with Crippen LogP contribution in [0, 0.1) is 0 Å². The number of benzene rings is 3. The molecule has 0 aromatic heterocycles. The van der Waals surface area contributed by atoms with Crippen molar-refractivity contribution in [2.24, 2.45) is 0 Å². The third kappa shape index (κ3) is 3.31. The standard InChI is InChI=1S/C23H22N2O3/c1-15(26)24-21-13-20-19-6-4-3-5-17(19)9-12-22(20)25(23(21)27)14-16-7-10-18(28-2)11-8-16/h3-12,21H,13-14H2,1-2H3,(H,24,26). The van der Waals surface area contributed by atoms with Gasteiger partial charge >= 0.3 is 0 Å². The van der Waals surface area contributed by atoms with E-state index in [2.05, 4.69) is 17.4 Å². The molecule has 1 N–H and O–H groups in total. The molecular weight excluding hydrogens is 352 g/mol. The Morgan fingerprint density at radius 2 is 1.86 bits per heavy atom. The smallest absolute Gasteiger partial charge is 0.250 e. The highest BCUT2D eigenvalue weighted by atomic mass is 16.5. The molecule has 0 radical (unpaired) electrons. The SMILES string of the molecule is COc1ccc(CN2C(=O)C(NC(C)=O)Cc3c2ccc2ccccc32)cc1. The summed E-state index contributed by atoms with van der Waals surface area (Å²) >= 11 is 0. The molecule has 0 bridgehead atoms. The predicted molar refractivity (Wildman–Crippen MR) is 109 cm³/mol. The topological polar surface area (TPSA) is 58.6 Å². The molecule has 0 saturated carbocycles. The molecule has 1 aliphatic heterocycles. The van der Waals surface area contributed by atoms with Gasteiger partial charge < -0.3 is 15.0 Å². The summed E-state index contributed by atoms with van der Waals surface area (Å²) in [5.74, 6) is 0.483. The first kappa shape index (κ1) is 18.0. The van der Waals surface area contributed by atoms with Crippen LogP contribution in [0.5, 0.6) is 5.75 Å². The van der Waals surface area contributed by atoms with E-state index in [4.69, 9.17) is 4.74 Å². The number of nitrogens with zero attached hydrogens (tertiary/aromatic N) is 1. The lowest BCUT2D eigenvalue weighted by molar-refractivity contribution is -0.126. The van der Waals surface area contributed by atoms with Gasteiger partial charge in [-0.15, -0.1) is 0 Å². The van der Waals surface area contributed by atoms with Crippen LogP contribution in [0.2, 0.25) is 0 Å². The summed E-state index contributed by atoms with van der Waals surface area (Å²) in [7, 11) is 1.63. The lowest BCUT2D eigenvalue weighted by Gasteiger charge is -2.35. The average molecular weight is 374 g/mol. The Hall–Kier alpha value is -3.34. The number of fused-ring (bicyclic) bond motifs is 3. The summed E-state index contributed by atoms with van der Waals surface area (Å²) < 4.78 is 5.22. The van der Waals surface area contributed by atoms with Gasteiger partial charge in [-0.05, 0) is 40.1 Å². The van der Waals surface area contributed by atoms with Crippen molar-refractivity contribution in [3.63, 3.8) is 0 Å². The highest BCUT2D eigenvalue weighted by Crippen LogP contribution is 2.35. The van der Waals surface area contributed by atoms with Crippen LogP contribution in [0.25, 0.3) is 10.8 Å². The minimum absolute atomic E-state index is 0.0891. The summed E-state index contributed by atoms with van der Waals surface area (Å²) in [4.78, 5) is 26.6. The first-order chi connectivity index (χ1) is 13.6. The van der Waals surface area contributed by atoms with Crippen molar-refractivity contribution in [1.82, 2.24) is 5.32 Å². The molecule has 0 aliphatic carbocycles. The summed E-state index contributed by atoms with van der Waals surface area (Å²) in [6.45, 7) is 1.88. The van der Waals surface area contributed by atoms with E-state index in [1.807, 2.05) is 48.5 Å². The monoisotopic (exact) mass is 374 g/mol. The number of anilines is 1. The average Bonchev–Trinajstić information content (AvgIpc) is 2.71. The second-order valence-corrected chi connectivity index (χ2v) is 7.01. The van der Waals surface area contributed by atoms with Crippen molar-refractivity contribution in [3.05, 3.63) is 71.8 Å². The van der Waals surface area contributed by atoms with Crippen LogP contribution in [0.15, 0.2) is 60.7 Å². The maximum Gasteiger partial charge on any atom is 0.250 e. The van der Waals surface area contributed by atoms with Crippen LogP contribution in [0.3, 0.4) is 0 Å². The molecule has 0 saturated heterocycles. The van der Waals surface area contributed by atoms with Crippen LogP contribution in [0.1, 0.15) is 18.1 Å². The second kappa shape index (κ2) is 7.35. The van der Waals surface area contributed by atoms with Gasteiger partial charge in [-0.3, -0.25) is 9.59 Å². The zero-order valence-corrected chi connectivity index (χ0v) is 15.9. The fourth-order valence-electron chi connectivity index (χ4n) is 3.82. The normalized spacial score (nSPS) is 16.0. The van der Waals surface area contributed by atoms with Crippen molar-refractivity contribution in [2.45, 2.75) is 25.9 Å². The summed E-state index contributed by atoms with van der Waals surface area (Å²) in [6, 6.07) is 19.3. The maximum absolute atomic E-state index is 13.2. The van der Waals surface area contributed by atoms with Crippen LogP contribution >= 0.6 is 0 Å². The first-order valence-electron chi connectivity index (χ1n) is 9.29. The van der Waals surface area contributed by atoms with Gasteiger partial charge in [-0.2, -0.15) is 0 Å². The first-order valence-corrected chi connectivity index (χ1v) is 9.29. The third-order valence-corrected chi connectivity index (χ3v) is 5.16. The van der Waals surface area contributed by atoms with E-state index >= 15 is 0 Å². The maximum atomic E-state index is 13.2. The van der Waals surface area contributed by atoms with Gasteiger partial charge in [0.15, 0.2) is 0 Å². The Kier molecular flexibility index (Phi) is 4.74. The van der Waals surface area contributed by atoms with Gasteiger partial charge in [0, 0.05) is 19.0 Å². The molecule has 1 unspecified atom stereocenters. The number of amides is 2. The third-order valence-electron chi connectivity index (χ3n) is 5.16. The molecule has 1 heterocycles. The second-order valence-electron chi connectivity index (χ2n) is 7.01. The summed E-state index contributed by atoms with van der Waals surface area (Å²) in [5, 5.41) is 5.06. The molecule has 0 fully saturated rings. The number of carbonyl (C=O) groups excluding carboxylic acids is 2. The highest BCUT2D eigenvalue weighted by molar-refractivity contribution is 6.05. The predicted octanol–water partition coefficient (Wildman–Crippen LogP) is 3.44. The van der Waals surface area contributed by atoms with Crippen molar-refractivity contribution in [3.8, 4) is 5.75 Å². The largest absolute Gasteiger partial charge is 0.497 e. The quantitative estimate of drug-likeness (QED) is 0.761. The van der Waals surface area contributed by atoms with Gasteiger partial charge in [0.2, 0.25) is 11.8 Å². The van der Waals surface area contributed by atoms with Crippen molar-refractivity contribution < 1.29 is 14.3 Å². The van der Waals surface area contributed by atoms with Gasteiger partial charge in [-0.25, -0.2) is 0 Å². The Labute approximate surface area is 163 Å². The van der Waals surface area contributed by atoms with E-state index in [0.29, 0.717) is 13.0 Å². The Balaban J connectivity index is 1.78. The molecule has 1 atom stereocenters. The zero-order valence-electron chi connectivity index (χ0n) is 15.9. The van der Waals surface area contributed by atoms with Crippen molar-refractivity contribution >= 4 is 28.3 Å². The zero-order chi connectivity index (χ0) is 19.7. The van der Waals surface area contributed by atoms with Gasteiger partial charge in [0.05, 0.1) is 13.7 Å². The summed E-state index contributed by atoms with van der Waals surface area (Å²) in [5.41, 5.74) is 2.99. The van der Waals surface area contributed by atoms with Crippen LogP contribution in [0.4, 0.5) is 5.69 Å². The molecule has 0 spiro atoms. The van der Waals surface area contributed by atoms with Crippen LogP contribution in [-0.4, -0.2) is 25.0 Å². The number of rotatable bonds is 4. The molecule has 5 nitrogen and oxygen atoms in total. The molecule has 2 amide bonds. The fourth-order valence-corrected chi connectivity index (χ4v) is 3.82. The molecular formula is C23H22N2O3. The Morgan fingerprint density at radius 1 is 1.11 bits per heavy atom. The number of hydrogen-bond acceptors (Lipinski definition) is 3. The van der Waals surface area contributed by atoms with Crippen molar-refractivity contribution in [2.75, 3.05) is 12.0 Å². The minimum Gasteiger partial charge on any atom is -0.497 e. The minimum atomic E-state index is -0.561. The lowest BCUT2D eigenvalue weighted by Crippen LogP contribution is -2.52. The summed E-state index contributed by atoms with van der Waals surface area (Å²) in [6.07, 6.45) is 0.494.